The monoisotopic (exact) mass is 654 g/mol. The van der Waals surface area contributed by atoms with Crippen molar-refractivity contribution in [3.63, 3.8) is 0 Å². The number of nitrogens with zero attached hydrogens (tertiary/aromatic N) is 2. The number of nitrogens with one attached hydrogen (secondary N) is 2. The topological polar surface area (TPSA) is 212 Å². The molecule has 0 saturated heterocycles. The van der Waals surface area contributed by atoms with Crippen LogP contribution in [0.5, 0.6) is 0 Å². The molecule has 0 aliphatic rings. The van der Waals surface area contributed by atoms with E-state index in [9.17, 15) is 40.6 Å². The summed E-state index contributed by atoms with van der Waals surface area (Å²) in [5.74, 6) is 0. The Hall–Kier alpha value is -2.80. The molecule has 0 amide bonds. The molecule has 0 bridgehead atoms. The third-order valence-electron chi connectivity index (χ3n) is 6.34. The van der Waals surface area contributed by atoms with Crippen molar-refractivity contribution in [2.75, 3.05) is 10.9 Å². The van der Waals surface area contributed by atoms with Crippen molar-refractivity contribution in [3.05, 3.63) is 116 Å². The van der Waals surface area contributed by atoms with Crippen molar-refractivity contribution >= 4 is 112 Å². The van der Waals surface area contributed by atoms with Gasteiger partial charge in [-0.05, 0) is 30.3 Å². The van der Waals surface area contributed by atoms with Gasteiger partial charge in [-0.3, -0.25) is 29.5 Å². The third-order valence-corrected chi connectivity index (χ3v) is 8.17. The molecule has 5 aromatic rings. The molecule has 0 saturated carbocycles. The molecule has 0 aliphatic carbocycles. The summed E-state index contributed by atoms with van der Waals surface area (Å²) >= 11 is 0. The second-order valence-corrected chi connectivity index (χ2v) is 11.7. The van der Waals surface area contributed by atoms with Crippen LogP contribution in [-0.2, 0) is 26.8 Å². The van der Waals surface area contributed by atoms with Gasteiger partial charge in [0.15, 0.2) is 5.36 Å². The fourth-order valence-electron chi connectivity index (χ4n) is 4.40. The molecule has 13 nitrogen and oxygen atoms in total. The molecule has 216 valence electrons. The number of hydrogen-bond donors (Lipinski definition) is 5. The summed E-state index contributed by atoms with van der Waals surface area (Å²) in [5, 5.41) is 17.9. The van der Waals surface area contributed by atoms with E-state index in [-0.39, 0.29) is 102 Å². The molecule has 0 fully saturated rings. The minimum atomic E-state index is -4.54. The molecule has 0 atom stereocenters. The summed E-state index contributed by atoms with van der Waals surface area (Å²) in [6, 6.07) is 18.5. The first-order chi connectivity index (χ1) is 19.9. The van der Waals surface area contributed by atoms with E-state index in [1.54, 1.807) is 36.4 Å². The van der Waals surface area contributed by atoms with Crippen molar-refractivity contribution in [1.29, 1.82) is 0 Å². The standard InChI is InChI=1S/C27H20N4O9S2.2Na/c32-14-15-13-22(30-28-20-9-11-23(41(35,36)37)18-7-3-1-5-16(18)20)27(34)25(26(15)33)31-29-21-10-12-24(42(38,39)40)19-8-4-2-6-17(19)21;;/h1-13,28-29,32H,14H2,(H,35,36,37)(H,38,39,40);;/b30-22-,31-25-;;. The van der Waals surface area contributed by atoms with Crippen molar-refractivity contribution in [3.8, 4) is 0 Å². The molecule has 2 radical (unpaired) electrons. The minimum absolute atomic E-state index is 0. The second-order valence-electron chi connectivity index (χ2n) is 8.93. The maximum atomic E-state index is 13.2. The molecule has 5 aromatic carbocycles. The van der Waals surface area contributed by atoms with Crippen molar-refractivity contribution in [1.82, 2.24) is 0 Å². The zero-order valence-electron chi connectivity index (χ0n) is 23.2. The molecule has 0 spiro atoms. The van der Waals surface area contributed by atoms with Gasteiger partial charge in [-0.2, -0.15) is 27.0 Å². The molecule has 0 heterocycles. The maximum absolute atomic E-state index is 13.2. The SMILES string of the molecule is O=c1c(CO)c/c(=N/Nc2ccc(S(=O)(=O)O)c3ccccc23)c(=O)/c1=N\Nc1ccc(S(=O)(=O)O)c2ccccc12.[Na].[Na]. The van der Waals surface area contributed by atoms with Gasteiger partial charge >= 0.3 is 0 Å². The van der Waals surface area contributed by atoms with Crippen LogP contribution in [0.15, 0.2) is 108 Å². The van der Waals surface area contributed by atoms with E-state index in [4.69, 9.17) is 0 Å². The van der Waals surface area contributed by atoms with Crippen molar-refractivity contribution in [2.45, 2.75) is 16.4 Å². The van der Waals surface area contributed by atoms with E-state index >= 15 is 0 Å². The normalized spacial score (nSPS) is 12.5. The summed E-state index contributed by atoms with van der Waals surface area (Å²) in [5.41, 5.74) is 3.78. The molecular formula is C27H20N4Na2O9S2. The number of aliphatic hydroxyl groups is 1. The predicted octanol–water partition coefficient (Wildman–Crippen LogP) is 0.669. The Morgan fingerprint density at radius 3 is 1.48 bits per heavy atom. The number of benzene rings is 5. The summed E-state index contributed by atoms with van der Waals surface area (Å²) < 4.78 is 66.2. The zero-order valence-corrected chi connectivity index (χ0v) is 28.8. The molecular weight excluding hydrogens is 634 g/mol. The number of fused-ring (bicyclic) bond motifs is 2. The minimum Gasteiger partial charge on any atom is -0.392 e. The van der Waals surface area contributed by atoms with Crippen LogP contribution < -0.4 is 32.4 Å². The van der Waals surface area contributed by atoms with Crippen LogP contribution in [0.3, 0.4) is 0 Å². The Balaban J connectivity index is 0.00000264. The molecule has 44 heavy (non-hydrogen) atoms. The molecule has 0 unspecified atom stereocenters. The quantitative estimate of drug-likeness (QED) is 0.0935. The van der Waals surface area contributed by atoms with E-state index in [1.807, 2.05) is 0 Å². The van der Waals surface area contributed by atoms with Gasteiger partial charge in [0.05, 0.1) is 18.0 Å². The molecule has 0 aromatic heterocycles. The summed E-state index contributed by atoms with van der Waals surface area (Å²) in [6.45, 7) is -0.734. The van der Waals surface area contributed by atoms with Crippen molar-refractivity contribution < 1.29 is 31.0 Å². The summed E-state index contributed by atoms with van der Waals surface area (Å²) in [6.07, 6.45) is 0. The Morgan fingerprint density at radius 1 is 0.614 bits per heavy atom. The Morgan fingerprint density at radius 2 is 1.05 bits per heavy atom. The van der Waals surface area contributed by atoms with E-state index < -0.39 is 43.1 Å². The smallest absolute Gasteiger partial charge is 0.295 e. The number of hydrogen-bond acceptors (Lipinski definition) is 11. The van der Waals surface area contributed by atoms with Gasteiger partial charge in [0.1, 0.15) is 15.1 Å². The fraction of sp³-hybridized carbons (Fsp3) is 0.0370. The van der Waals surface area contributed by atoms with Gasteiger partial charge in [0, 0.05) is 86.2 Å². The second kappa shape index (κ2) is 14.1. The zero-order chi connectivity index (χ0) is 30.2. The number of rotatable bonds is 7. The largest absolute Gasteiger partial charge is 0.392 e. The van der Waals surface area contributed by atoms with Gasteiger partial charge in [-0.1, -0.05) is 48.5 Å². The van der Waals surface area contributed by atoms with Crippen LogP contribution in [0.2, 0.25) is 0 Å². The Bertz CT molecular complexity index is 2360. The van der Waals surface area contributed by atoms with Gasteiger partial charge in [-0.15, -0.1) is 0 Å². The first-order valence-electron chi connectivity index (χ1n) is 12.0. The van der Waals surface area contributed by atoms with Crippen LogP contribution in [-0.4, -0.2) is 90.2 Å². The van der Waals surface area contributed by atoms with Gasteiger partial charge < -0.3 is 5.11 Å². The predicted molar refractivity (Wildman–Crippen MR) is 165 cm³/mol. The average Bonchev–Trinajstić information content (AvgIpc) is 2.95. The molecule has 0 aliphatic heterocycles. The van der Waals surface area contributed by atoms with E-state index in [0.29, 0.717) is 10.8 Å². The maximum Gasteiger partial charge on any atom is 0.295 e. The van der Waals surface area contributed by atoms with Gasteiger partial charge in [0.25, 0.3) is 20.2 Å². The first kappa shape index (κ1) is 35.7. The van der Waals surface area contributed by atoms with Crippen LogP contribution in [0.4, 0.5) is 11.4 Å². The van der Waals surface area contributed by atoms with Gasteiger partial charge in [0.2, 0.25) is 10.9 Å². The van der Waals surface area contributed by atoms with E-state index in [1.165, 1.54) is 24.3 Å². The fourth-order valence-corrected chi connectivity index (χ4v) is 5.79. The van der Waals surface area contributed by atoms with Crippen LogP contribution in [0.25, 0.3) is 21.5 Å². The third kappa shape index (κ3) is 7.19. The van der Waals surface area contributed by atoms with Crippen LogP contribution in [0, 0.1) is 0 Å². The molecule has 5 N–H and O–H groups in total. The average molecular weight is 655 g/mol. The number of aliphatic hydroxyl groups excluding tert-OH is 1. The summed E-state index contributed by atoms with van der Waals surface area (Å²) in [7, 11) is -9.07. The Labute approximate surface area is 293 Å². The van der Waals surface area contributed by atoms with Crippen molar-refractivity contribution in [2.24, 2.45) is 10.2 Å². The van der Waals surface area contributed by atoms with Crippen LogP contribution >= 0.6 is 0 Å². The molecule has 17 heteroatoms. The van der Waals surface area contributed by atoms with Crippen LogP contribution in [0.1, 0.15) is 5.56 Å². The van der Waals surface area contributed by atoms with E-state index in [0.717, 1.165) is 18.2 Å². The first-order valence-corrected chi connectivity index (χ1v) is 14.8. The Kier molecular flexibility index (Phi) is 11.4. The van der Waals surface area contributed by atoms with E-state index in [2.05, 4.69) is 21.1 Å². The number of anilines is 2. The van der Waals surface area contributed by atoms with Gasteiger partial charge in [-0.25, -0.2) is 0 Å². The molecule has 5 rings (SSSR count). The summed E-state index contributed by atoms with van der Waals surface area (Å²) in [4.78, 5) is 25.4.